The number of aldehydes is 1. The number of rotatable bonds is 5. The van der Waals surface area contributed by atoms with Gasteiger partial charge >= 0.3 is 0 Å². The van der Waals surface area contributed by atoms with Gasteiger partial charge in [-0.25, -0.2) is 4.39 Å². The Hall–Kier alpha value is -3.47. The van der Waals surface area contributed by atoms with Crippen LogP contribution in [0.2, 0.25) is 0 Å². The highest BCUT2D eigenvalue weighted by molar-refractivity contribution is 5.93. The summed E-state index contributed by atoms with van der Waals surface area (Å²) in [6, 6.07) is 17.2. The smallest absolute Gasteiger partial charge is 0.185 e. The lowest BCUT2D eigenvalue weighted by Crippen LogP contribution is -2.17. The average Bonchev–Trinajstić information content (AvgIpc) is 3.17. The number of hydrogen-bond acceptors (Lipinski definition) is 4. The molecule has 1 aliphatic carbocycles. The second-order valence-corrected chi connectivity index (χ2v) is 6.78. The van der Waals surface area contributed by atoms with Crippen LogP contribution >= 0.6 is 0 Å². The Labute approximate surface area is 161 Å². The molecule has 1 N–H and O–H groups in total. The van der Waals surface area contributed by atoms with E-state index in [-0.39, 0.29) is 23.3 Å². The van der Waals surface area contributed by atoms with Crippen LogP contribution in [0.1, 0.15) is 34.9 Å². The molecule has 0 saturated heterocycles. The molecule has 1 aromatic heterocycles. The lowest BCUT2D eigenvalue weighted by molar-refractivity contribution is -0.115. The van der Waals surface area contributed by atoms with Gasteiger partial charge in [-0.15, -0.1) is 0 Å². The number of carbonyl (C=O) groups excluding carboxylic acids is 2. The molecule has 0 radical (unpaired) electrons. The van der Waals surface area contributed by atoms with Gasteiger partial charge in [0.25, 0.3) is 0 Å². The van der Waals surface area contributed by atoms with Gasteiger partial charge in [0, 0.05) is 29.4 Å². The van der Waals surface area contributed by atoms with Crippen LogP contribution in [0, 0.1) is 5.82 Å². The Morgan fingerprint density at radius 2 is 1.79 bits per heavy atom. The van der Waals surface area contributed by atoms with Gasteiger partial charge in [0.1, 0.15) is 11.6 Å². The van der Waals surface area contributed by atoms with Crippen LogP contribution in [0.5, 0.6) is 0 Å². The number of allylic oxidation sites excluding steroid dienone is 2. The van der Waals surface area contributed by atoms with Crippen molar-refractivity contribution in [3.63, 3.8) is 0 Å². The Balaban J connectivity index is 1.59. The maximum absolute atomic E-state index is 13.2. The first-order valence-electron chi connectivity index (χ1n) is 9.02. The third-order valence-corrected chi connectivity index (χ3v) is 4.82. The Morgan fingerprint density at radius 1 is 1.00 bits per heavy atom. The van der Waals surface area contributed by atoms with Crippen LogP contribution in [0.3, 0.4) is 0 Å². The SMILES string of the molecule is O=Cc1ccc(-c2ccccc2NC2=CC(=O)CC(c3ccc(F)cc3)C2)o1. The molecule has 2 aromatic carbocycles. The van der Waals surface area contributed by atoms with E-state index >= 15 is 0 Å². The molecule has 0 bridgehead atoms. The molecule has 1 atom stereocenters. The van der Waals surface area contributed by atoms with E-state index in [1.165, 1.54) is 12.1 Å². The van der Waals surface area contributed by atoms with Crippen molar-refractivity contribution in [3.05, 3.63) is 89.6 Å². The van der Waals surface area contributed by atoms with Gasteiger partial charge in [0.2, 0.25) is 0 Å². The predicted octanol–water partition coefficient (Wildman–Crippen LogP) is 5.34. The number of furan rings is 1. The van der Waals surface area contributed by atoms with Crippen molar-refractivity contribution in [2.45, 2.75) is 18.8 Å². The van der Waals surface area contributed by atoms with E-state index < -0.39 is 0 Å². The first-order valence-corrected chi connectivity index (χ1v) is 9.02. The summed E-state index contributed by atoms with van der Waals surface area (Å²) in [7, 11) is 0. The molecule has 1 unspecified atom stereocenters. The molecule has 0 amide bonds. The molecule has 4 nitrogen and oxygen atoms in total. The molecule has 4 rings (SSSR count). The molecule has 28 heavy (non-hydrogen) atoms. The Kier molecular flexibility index (Phi) is 4.89. The highest BCUT2D eigenvalue weighted by atomic mass is 19.1. The van der Waals surface area contributed by atoms with Crippen LogP contribution < -0.4 is 5.32 Å². The zero-order valence-corrected chi connectivity index (χ0v) is 15.0. The molecule has 0 spiro atoms. The van der Waals surface area contributed by atoms with E-state index in [2.05, 4.69) is 5.32 Å². The number of anilines is 1. The number of nitrogens with one attached hydrogen (secondary N) is 1. The standard InChI is InChI=1S/C23H18FNO3/c24-17-7-5-15(6-8-17)16-11-18(13-19(27)12-16)25-22-4-2-1-3-21(22)23-10-9-20(14-26)28-23/h1-10,13-14,16,25H,11-12H2. The fourth-order valence-electron chi connectivity index (χ4n) is 3.49. The Morgan fingerprint density at radius 3 is 2.54 bits per heavy atom. The fourth-order valence-corrected chi connectivity index (χ4v) is 3.49. The van der Waals surface area contributed by atoms with Crippen LogP contribution in [-0.2, 0) is 4.79 Å². The van der Waals surface area contributed by atoms with Crippen LogP contribution in [-0.4, -0.2) is 12.1 Å². The van der Waals surface area contributed by atoms with Gasteiger partial charge < -0.3 is 9.73 Å². The lowest BCUT2D eigenvalue weighted by Gasteiger charge is -2.24. The fraction of sp³-hybridized carbons (Fsp3) is 0.130. The summed E-state index contributed by atoms with van der Waals surface area (Å²) in [5.74, 6) is 0.568. The minimum atomic E-state index is -0.290. The van der Waals surface area contributed by atoms with Gasteiger partial charge in [-0.1, -0.05) is 24.3 Å². The van der Waals surface area contributed by atoms with Crippen molar-refractivity contribution in [2.75, 3.05) is 5.32 Å². The van der Waals surface area contributed by atoms with E-state index in [0.717, 1.165) is 22.5 Å². The van der Waals surface area contributed by atoms with Crippen LogP contribution in [0.15, 0.2) is 76.9 Å². The summed E-state index contributed by atoms with van der Waals surface area (Å²) in [6.45, 7) is 0. The normalized spacial score (nSPS) is 16.5. The van der Waals surface area contributed by atoms with Crippen LogP contribution in [0.25, 0.3) is 11.3 Å². The van der Waals surface area contributed by atoms with Crippen molar-refractivity contribution < 1.29 is 18.4 Å². The van der Waals surface area contributed by atoms with Crippen LogP contribution in [0.4, 0.5) is 10.1 Å². The molecule has 3 aromatic rings. The zero-order chi connectivity index (χ0) is 19.5. The average molecular weight is 375 g/mol. The zero-order valence-electron chi connectivity index (χ0n) is 15.0. The van der Waals surface area contributed by atoms with Crippen molar-refractivity contribution >= 4 is 17.8 Å². The van der Waals surface area contributed by atoms with Gasteiger partial charge in [0.15, 0.2) is 17.8 Å². The van der Waals surface area contributed by atoms with Crippen molar-refractivity contribution in [1.82, 2.24) is 0 Å². The van der Waals surface area contributed by atoms with Crippen molar-refractivity contribution in [1.29, 1.82) is 0 Å². The molecular formula is C23H18FNO3. The predicted molar refractivity (Wildman–Crippen MR) is 105 cm³/mol. The third kappa shape index (κ3) is 3.78. The largest absolute Gasteiger partial charge is 0.453 e. The summed E-state index contributed by atoms with van der Waals surface area (Å²) >= 11 is 0. The summed E-state index contributed by atoms with van der Waals surface area (Å²) in [5, 5.41) is 3.33. The molecule has 1 heterocycles. The van der Waals surface area contributed by atoms with E-state index in [1.54, 1.807) is 30.3 Å². The summed E-state index contributed by atoms with van der Waals surface area (Å²) < 4.78 is 18.7. The second-order valence-electron chi connectivity index (χ2n) is 6.78. The highest BCUT2D eigenvalue weighted by Crippen LogP contribution is 2.35. The molecular weight excluding hydrogens is 357 g/mol. The number of halogens is 1. The summed E-state index contributed by atoms with van der Waals surface area (Å²) in [6.07, 6.45) is 3.33. The molecule has 5 heteroatoms. The monoisotopic (exact) mass is 375 g/mol. The Bertz CT molecular complexity index is 1050. The number of ketones is 1. The number of benzene rings is 2. The number of hydrogen-bond donors (Lipinski definition) is 1. The number of para-hydroxylation sites is 1. The topological polar surface area (TPSA) is 59.3 Å². The summed E-state index contributed by atoms with van der Waals surface area (Å²) in [4.78, 5) is 23.2. The second kappa shape index (κ2) is 7.64. The van der Waals surface area contributed by atoms with Gasteiger partial charge in [-0.2, -0.15) is 0 Å². The number of carbonyl (C=O) groups is 2. The van der Waals surface area contributed by atoms with Crippen molar-refractivity contribution in [2.24, 2.45) is 0 Å². The minimum Gasteiger partial charge on any atom is -0.453 e. The van der Waals surface area contributed by atoms with Gasteiger partial charge in [-0.05, 0) is 54.3 Å². The first kappa shape index (κ1) is 17.9. The quantitative estimate of drug-likeness (QED) is 0.612. The molecule has 0 aliphatic heterocycles. The maximum atomic E-state index is 13.2. The minimum absolute atomic E-state index is 0.00181. The van der Waals surface area contributed by atoms with E-state index in [1.807, 2.05) is 24.3 Å². The van der Waals surface area contributed by atoms with E-state index in [9.17, 15) is 14.0 Å². The molecule has 1 aliphatic rings. The molecule has 140 valence electrons. The highest BCUT2D eigenvalue weighted by Gasteiger charge is 2.23. The van der Waals surface area contributed by atoms with E-state index in [0.29, 0.717) is 24.9 Å². The van der Waals surface area contributed by atoms with E-state index in [4.69, 9.17) is 4.42 Å². The van der Waals surface area contributed by atoms with Crippen molar-refractivity contribution in [3.8, 4) is 11.3 Å². The molecule has 0 saturated carbocycles. The maximum Gasteiger partial charge on any atom is 0.185 e. The van der Waals surface area contributed by atoms with Gasteiger partial charge in [0.05, 0.1) is 0 Å². The molecule has 0 fully saturated rings. The first-order chi connectivity index (χ1) is 13.6. The summed E-state index contributed by atoms with van der Waals surface area (Å²) in [5.41, 5.74) is 3.32. The lowest BCUT2D eigenvalue weighted by atomic mass is 9.85. The third-order valence-electron chi connectivity index (χ3n) is 4.82. The van der Waals surface area contributed by atoms with Gasteiger partial charge in [-0.3, -0.25) is 9.59 Å².